The third-order valence-corrected chi connectivity index (χ3v) is 4.74. The molecular weight excluding hydrogens is 365 g/mol. The highest BCUT2D eigenvalue weighted by Gasteiger charge is 2.20. The summed E-state index contributed by atoms with van der Waals surface area (Å²) in [6.07, 6.45) is 0. The molecule has 102 valence electrons. The van der Waals surface area contributed by atoms with Crippen molar-refractivity contribution >= 4 is 49.2 Å². The lowest BCUT2D eigenvalue weighted by atomic mass is 10.4. The summed E-state index contributed by atoms with van der Waals surface area (Å²) in [5, 5.41) is 0.976. The number of sulfonamides is 1. The third-order valence-electron chi connectivity index (χ3n) is 2.02. The van der Waals surface area contributed by atoms with Crippen LogP contribution in [0.5, 0.6) is 0 Å². The van der Waals surface area contributed by atoms with Gasteiger partial charge in [0.2, 0.25) is 10.0 Å². The number of benzene rings is 1. The molecule has 1 unspecified atom stereocenters. The van der Waals surface area contributed by atoms with E-state index in [-0.39, 0.29) is 27.6 Å². The number of ether oxygens (including phenoxy) is 1. The van der Waals surface area contributed by atoms with Crippen molar-refractivity contribution < 1.29 is 13.2 Å². The average molecular weight is 377 g/mol. The molecule has 0 aliphatic heterocycles. The lowest BCUT2D eigenvalue weighted by Crippen LogP contribution is -2.39. The molecule has 0 fully saturated rings. The zero-order valence-corrected chi connectivity index (χ0v) is 13.4. The van der Waals surface area contributed by atoms with E-state index in [1.165, 1.54) is 25.3 Å². The molecule has 0 radical (unpaired) electrons. The number of hydrogen-bond donors (Lipinski definition) is 1. The third kappa shape index (κ3) is 4.68. The molecular formula is C10H12BrCl2NO3S. The van der Waals surface area contributed by atoms with Crippen LogP contribution in [0.2, 0.25) is 10.0 Å². The summed E-state index contributed by atoms with van der Waals surface area (Å²) in [5.41, 5.74) is 0. The van der Waals surface area contributed by atoms with E-state index < -0.39 is 10.0 Å². The quantitative estimate of drug-likeness (QED) is 0.776. The summed E-state index contributed by atoms with van der Waals surface area (Å²) in [4.78, 5) is 0.0297. The first-order valence-electron chi connectivity index (χ1n) is 4.92. The Labute approximate surface area is 125 Å². The molecule has 0 saturated heterocycles. The molecule has 0 bridgehead atoms. The molecule has 0 spiro atoms. The van der Waals surface area contributed by atoms with Crippen molar-refractivity contribution in [3.05, 3.63) is 28.2 Å². The molecule has 1 aromatic carbocycles. The largest absolute Gasteiger partial charge is 0.383 e. The van der Waals surface area contributed by atoms with Crippen molar-refractivity contribution in [2.75, 3.05) is 19.0 Å². The lowest BCUT2D eigenvalue weighted by molar-refractivity contribution is 0.182. The molecule has 0 aromatic heterocycles. The fraction of sp³-hybridized carbons (Fsp3) is 0.400. The molecule has 1 rings (SSSR count). The molecule has 0 heterocycles. The van der Waals surface area contributed by atoms with Gasteiger partial charge in [-0.15, -0.1) is 0 Å². The smallest absolute Gasteiger partial charge is 0.241 e. The second kappa shape index (κ2) is 7.07. The average Bonchev–Trinajstić information content (AvgIpc) is 2.27. The van der Waals surface area contributed by atoms with E-state index in [0.717, 1.165) is 0 Å². The number of halogens is 3. The van der Waals surface area contributed by atoms with Crippen LogP contribution in [-0.4, -0.2) is 33.5 Å². The molecule has 0 amide bonds. The Morgan fingerprint density at radius 2 is 1.89 bits per heavy atom. The van der Waals surface area contributed by atoms with Crippen LogP contribution < -0.4 is 4.72 Å². The van der Waals surface area contributed by atoms with Crippen molar-refractivity contribution in [1.82, 2.24) is 4.72 Å². The highest BCUT2D eigenvalue weighted by atomic mass is 79.9. The molecule has 18 heavy (non-hydrogen) atoms. The van der Waals surface area contributed by atoms with Crippen LogP contribution in [0.4, 0.5) is 0 Å². The Morgan fingerprint density at radius 1 is 1.33 bits per heavy atom. The van der Waals surface area contributed by atoms with Gasteiger partial charge in [-0.1, -0.05) is 39.1 Å². The number of nitrogens with one attached hydrogen (secondary N) is 1. The van der Waals surface area contributed by atoms with Gasteiger partial charge in [-0.05, 0) is 18.2 Å². The highest BCUT2D eigenvalue weighted by Crippen LogP contribution is 2.22. The SMILES string of the molecule is COCC(CBr)NS(=O)(=O)c1cc(Cl)cc(Cl)c1. The Kier molecular flexibility index (Phi) is 6.37. The van der Waals surface area contributed by atoms with Gasteiger partial charge in [0.1, 0.15) is 0 Å². The van der Waals surface area contributed by atoms with Crippen molar-refractivity contribution in [3.63, 3.8) is 0 Å². The molecule has 0 aliphatic rings. The topological polar surface area (TPSA) is 55.4 Å². The van der Waals surface area contributed by atoms with Crippen LogP contribution in [-0.2, 0) is 14.8 Å². The van der Waals surface area contributed by atoms with Gasteiger partial charge >= 0.3 is 0 Å². The van der Waals surface area contributed by atoms with Gasteiger partial charge in [0, 0.05) is 22.5 Å². The van der Waals surface area contributed by atoms with E-state index >= 15 is 0 Å². The van der Waals surface area contributed by atoms with Crippen molar-refractivity contribution in [2.24, 2.45) is 0 Å². The number of hydrogen-bond acceptors (Lipinski definition) is 3. The first kappa shape index (κ1) is 16.2. The van der Waals surface area contributed by atoms with Crippen LogP contribution >= 0.6 is 39.1 Å². The minimum Gasteiger partial charge on any atom is -0.383 e. The summed E-state index contributed by atoms with van der Waals surface area (Å²) in [7, 11) is -2.17. The maximum absolute atomic E-state index is 12.1. The maximum Gasteiger partial charge on any atom is 0.241 e. The van der Waals surface area contributed by atoms with E-state index in [2.05, 4.69) is 20.7 Å². The minimum absolute atomic E-state index is 0.0297. The van der Waals surface area contributed by atoms with Crippen molar-refractivity contribution in [2.45, 2.75) is 10.9 Å². The molecule has 8 heteroatoms. The summed E-state index contributed by atoms with van der Waals surface area (Å²) >= 11 is 14.8. The van der Waals surface area contributed by atoms with Crippen LogP contribution in [0.25, 0.3) is 0 Å². The molecule has 1 N–H and O–H groups in total. The van der Waals surface area contributed by atoms with E-state index in [0.29, 0.717) is 5.33 Å². The zero-order valence-electron chi connectivity index (χ0n) is 9.49. The maximum atomic E-state index is 12.1. The number of methoxy groups -OCH3 is 1. The monoisotopic (exact) mass is 375 g/mol. The van der Waals surface area contributed by atoms with Gasteiger partial charge in [0.25, 0.3) is 0 Å². The summed E-state index contributed by atoms with van der Waals surface area (Å²) in [5.74, 6) is 0. The Bertz CT molecular complexity index is 490. The van der Waals surface area contributed by atoms with Gasteiger partial charge < -0.3 is 4.74 Å². The number of rotatable bonds is 6. The predicted molar refractivity (Wildman–Crippen MR) is 76.2 cm³/mol. The van der Waals surface area contributed by atoms with Gasteiger partial charge in [-0.25, -0.2) is 13.1 Å². The Balaban J connectivity index is 2.98. The molecule has 0 aliphatic carbocycles. The van der Waals surface area contributed by atoms with E-state index in [4.69, 9.17) is 27.9 Å². The van der Waals surface area contributed by atoms with Crippen LogP contribution in [0.1, 0.15) is 0 Å². The van der Waals surface area contributed by atoms with E-state index in [1.54, 1.807) is 0 Å². The number of alkyl halides is 1. The lowest BCUT2D eigenvalue weighted by Gasteiger charge is -2.15. The van der Waals surface area contributed by atoms with Crippen LogP contribution in [0.15, 0.2) is 23.1 Å². The standard InChI is InChI=1S/C10H12BrCl2NO3S/c1-17-6-9(5-11)14-18(15,16)10-3-7(12)2-8(13)4-10/h2-4,9,14H,5-6H2,1H3. The van der Waals surface area contributed by atoms with Gasteiger partial charge in [0.15, 0.2) is 0 Å². The fourth-order valence-electron chi connectivity index (χ4n) is 1.28. The predicted octanol–water partition coefficient (Wildman–Crippen LogP) is 2.68. The molecule has 4 nitrogen and oxygen atoms in total. The zero-order chi connectivity index (χ0) is 13.8. The minimum atomic E-state index is -3.67. The Morgan fingerprint density at radius 3 is 2.33 bits per heavy atom. The van der Waals surface area contributed by atoms with E-state index in [9.17, 15) is 8.42 Å². The second-order valence-corrected chi connectivity index (χ2v) is 6.77. The molecule has 1 aromatic rings. The summed E-state index contributed by atoms with van der Waals surface area (Å²) in [6, 6.07) is 3.79. The van der Waals surface area contributed by atoms with Gasteiger partial charge in [0.05, 0.1) is 17.5 Å². The van der Waals surface area contributed by atoms with Crippen molar-refractivity contribution in [3.8, 4) is 0 Å². The van der Waals surface area contributed by atoms with Crippen LogP contribution in [0.3, 0.4) is 0 Å². The first-order chi connectivity index (χ1) is 8.39. The highest BCUT2D eigenvalue weighted by molar-refractivity contribution is 9.09. The summed E-state index contributed by atoms with van der Waals surface area (Å²) < 4.78 is 31.6. The van der Waals surface area contributed by atoms with Gasteiger partial charge in [-0.2, -0.15) is 0 Å². The molecule has 1 atom stereocenters. The normalized spacial score (nSPS) is 13.6. The second-order valence-electron chi connectivity index (χ2n) is 3.53. The van der Waals surface area contributed by atoms with Gasteiger partial charge in [-0.3, -0.25) is 0 Å². The Hall–Kier alpha value is 0.150. The van der Waals surface area contributed by atoms with E-state index in [1.807, 2.05) is 0 Å². The van der Waals surface area contributed by atoms with Crippen LogP contribution in [0, 0.1) is 0 Å². The first-order valence-corrected chi connectivity index (χ1v) is 8.28. The van der Waals surface area contributed by atoms with Crippen molar-refractivity contribution in [1.29, 1.82) is 0 Å². The molecule has 0 saturated carbocycles. The summed E-state index contributed by atoms with van der Waals surface area (Å²) in [6.45, 7) is 0.263. The fourth-order valence-corrected chi connectivity index (χ4v) is 3.79.